The quantitative estimate of drug-likeness (QED) is 0.165. The van der Waals surface area contributed by atoms with Gasteiger partial charge in [0.2, 0.25) is 0 Å². The smallest absolute Gasteiger partial charge is 0.297 e. The standard InChI is InChI=1S/C50H39BFN3O/c1-5-50(3,4)32-20-27-37-43(30-32)53(34-12-7-6-8-13-34)39-28-29-42-47(45(37)39)51-46-40(54(42)35-25-21-33(52)22-26-35)15-11-16-41(46)55(36-23-18-31(2)19-24-36)48-38-14-9-10-17-44(38)56-49(48)51/h6-30H,5H2,1-4H3. The minimum absolute atomic E-state index is 0.00476. The third-order valence-electron chi connectivity index (χ3n) is 12.4. The van der Waals surface area contributed by atoms with E-state index in [1.54, 1.807) is 12.1 Å². The van der Waals surface area contributed by atoms with Gasteiger partial charge in [0.25, 0.3) is 6.71 Å². The number of para-hydroxylation sites is 2. The molecule has 2 aliphatic heterocycles. The van der Waals surface area contributed by atoms with Gasteiger partial charge in [-0.25, -0.2) is 4.39 Å². The molecular formula is C50H39BFN3O. The highest BCUT2D eigenvalue weighted by molar-refractivity contribution is 7.01. The Hall–Kier alpha value is -6.53. The van der Waals surface area contributed by atoms with Gasteiger partial charge in [-0.1, -0.05) is 87.0 Å². The summed E-state index contributed by atoms with van der Waals surface area (Å²) in [5.74, 6) is -0.261. The van der Waals surface area contributed by atoms with Gasteiger partial charge in [0, 0.05) is 50.3 Å². The van der Waals surface area contributed by atoms with Crippen LogP contribution in [0.5, 0.6) is 0 Å². The molecule has 0 fully saturated rings. The molecule has 7 aromatic carbocycles. The Labute approximate surface area is 326 Å². The predicted octanol–water partition coefficient (Wildman–Crippen LogP) is 11.7. The lowest BCUT2D eigenvalue weighted by Gasteiger charge is -2.42. The molecule has 0 saturated heterocycles. The monoisotopic (exact) mass is 727 g/mol. The molecule has 4 heterocycles. The van der Waals surface area contributed by atoms with Crippen molar-refractivity contribution in [1.82, 2.24) is 4.57 Å². The minimum Gasteiger partial charge on any atom is -0.468 e. The summed E-state index contributed by atoms with van der Waals surface area (Å²) in [6, 6.07) is 53.0. The largest absolute Gasteiger partial charge is 0.468 e. The maximum absolute atomic E-state index is 14.6. The van der Waals surface area contributed by atoms with Crippen molar-refractivity contribution in [2.45, 2.75) is 39.5 Å². The lowest BCUT2D eigenvalue weighted by Crippen LogP contribution is -2.61. The number of aryl methyl sites for hydroxylation is 1. The van der Waals surface area contributed by atoms with Gasteiger partial charge in [0.15, 0.2) is 0 Å². The number of benzene rings is 7. The Kier molecular flexibility index (Phi) is 7.03. The molecule has 9 aromatic rings. The van der Waals surface area contributed by atoms with E-state index < -0.39 is 0 Å². The number of furan rings is 1. The van der Waals surface area contributed by atoms with Crippen LogP contribution in [0.25, 0.3) is 38.5 Å². The number of nitrogens with zero attached hydrogens (tertiary/aromatic N) is 3. The Morgan fingerprint density at radius 3 is 2.05 bits per heavy atom. The molecule has 0 bridgehead atoms. The number of hydrogen-bond acceptors (Lipinski definition) is 3. The maximum atomic E-state index is 14.6. The highest BCUT2D eigenvalue weighted by Crippen LogP contribution is 2.48. The van der Waals surface area contributed by atoms with Crippen LogP contribution in [0, 0.1) is 12.7 Å². The van der Waals surface area contributed by atoms with Crippen molar-refractivity contribution in [2.24, 2.45) is 0 Å². The van der Waals surface area contributed by atoms with Crippen molar-refractivity contribution in [1.29, 1.82) is 0 Å². The molecule has 11 rings (SSSR count). The average molecular weight is 728 g/mol. The van der Waals surface area contributed by atoms with Crippen molar-refractivity contribution in [3.05, 3.63) is 169 Å². The molecule has 0 atom stereocenters. The third-order valence-corrected chi connectivity index (χ3v) is 12.4. The highest BCUT2D eigenvalue weighted by Gasteiger charge is 2.47. The van der Waals surface area contributed by atoms with Crippen molar-refractivity contribution >= 4 is 90.2 Å². The summed E-state index contributed by atoms with van der Waals surface area (Å²) in [5, 5.41) is 3.46. The predicted molar refractivity (Wildman–Crippen MR) is 233 cm³/mol. The van der Waals surface area contributed by atoms with Crippen molar-refractivity contribution in [3.8, 4) is 5.69 Å². The fraction of sp³-hybridized carbons (Fsp3) is 0.120. The van der Waals surface area contributed by atoms with Crippen LogP contribution in [0.15, 0.2) is 156 Å². The zero-order chi connectivity index (χ0) is 37.9. The number of anilines is 6. The van der Waals surface area contributed by atoms with Crippen LogP contribution in [-0.2, 0) is 5.41 Å². The topological polar surface area (TPSA) is 24.6 Å². The van der Waals surface area contributed by atoms with E-state index in [1.807, 2.05) is 12.1 Å². The van der Waals surface area contributed by atoms with Crippen LogP contribution in [0.2, 0.25) is 0 Å². The second kappa shape index (κ2) is 12.0. The summed E-state index contributed by atoms with van der Waals surface area (Å²) in [4.78, 5) is 4.71. The first-order valence-electron chi connectivity index (χ1n) is 19.6. The van der Waals surface area contributed by atoms with Crippen LogP contribution in [0.3, 0.4) is 0 Å². The average Bonchev–Trinajstić information content (AvgIpc) is 3.78. The van der Waals surface area contributed by atoms with Gasteiger partial charge in [-0.2, -0.15) is 0 Å². The molecule has 0 spiro atoms. The van der Waals surface area contributed by atoms with E-state index in [1.165, 1.54) is 32.9 Å². The van der Waals surface area contributed by atoms with E-state index >= 15 is 0 Å². The van der Waals surface area contributed by atoms with E-state index in [2.05, 4.69) is 169 Å². The molecule has 4 nitrogen and oxygen atoms in total. The summed E-state index contributed by atoms with van der Waals surface area (Å²) in [7, 11) is 0. The lowest BCUT2D eigenvalue weighted by molar-refractivity contribution is 0.507. The van der Waals surface area contributed by atoms with Gasteiger partial charge in [0.05, 0.1) is 22.4 Å². The molecule has 0 N–H and O–H groups in total. The highest BCUT2D eigenvalue weighted by atomic mass is 19.1. The normalized spacial score (nSPS) is 13.4. The second-order valence-corrected chi connectivity index (χ2v) is 16.0. The third kappa shape index (κ3) is 4.59. The van der Waals surface area contributed by atoms with Crippen molar-refractivity contribution in [2.75, 3.05) is 9.80 Å². The van der Waals surface area contributed by atoms with Gasteiger partial charge in [0.1, 0.15) is 11.4 Å². The van der Waals surface area contributed by atoms with Crippen molar-refractivity contribution < 1.29 is 8.81 Å². The van der Waals surface area contributed by atoms with E-state index in [-0.39, 0.29) is 17.9 Å². The van der Waals surface area contributed by atoms with Gasteiger partial charge < -0.3 is 18.8 Å². The Bertz CT molecular complexity index is 3020. The summed E-state index contributed by atoms with van der Waals surface area (Å²) in [5.41, 5.74) is 16.3. The zero-order valence-corrected chi connectivity index (χ0v) is 31.8. The molecule has 0 radical (unpaired) electrons. The zero-order valence-electron chi connectivity index (χ0n) is 31.8. The van der Waals surface area contributed by atoms with E-state index in [9.17, 15) is 4.39 Å². The van der Waals surface area contributed by atoms with Crippen LogP contribution in [0.4, 0.5) is 38.5 Å². The molecule has 0 aliphatic carbocycles. The number of rotatable bonds is 5. The molecule has 2 aliphatic rings. The molecular weight excluding hydrogens is 688 g/mol. The first-order valence-corrected chi connectivity index (χ1v) is 19.6. The molecule has 2 aromatic heterocycles. The fourth-order valence-electron chi connectivity index (χ4n) is 9.28. The summed E-state index contributed by atoms with van der Waals surface area (Å²) in [6.07, 6.45) is 1.03. The van der Waals surface area contributed by atoms with Gasteiger partial charge in [-0.15, -0.1) is 0 Å². The van der Waals surface area contributed by atoms with Crippen LogP contribution in [-0.4, -0.2) is 11.3 Å². The molecule has 6 heteroatoms. The Morgan fingerprint density at radius 2 is 1.29 bits per heavy atom. The number of halogens is 1. The van der Waals surface area contributed by atoms with Crippen LogP contribution < -0.4 is 26.4 Å². The molecule has 0 amide bonds. The number of hydrogen-bond donors (Lipinski definition) is 0. The first kappa shape index (κ1) is 32.9. The van der Waals surface area contributed by atoms with Gasteiger partial charge >= 0.3 is 0 Å². The molecule has 56 heavy (non-hydrogen) atoms. The molecule has 270 valence electrons. The van der Waals surface area contributed by atoms with E-state index in [0.717, 1.165) is 73.8 Å². The van der Waals surface area contributed by atoms with Crippen LogP contribution in [0.1, 0.15) is 38.3 Å². The Morgan fingerprint density at radius 1 is 0.607 bits per heavy atom. The number of aromatic nitrogens is 1. The van der Waals surface area contributed by atoms with Crippen molar-refractivity contribution in [3.63, 3.8) is 0 Å². The van der Waals surface area contributed by atoms with E-state index in [4.69, 9.17) is 4.42 Å². The second-order valence-electron chi connectivity index (χ2n) is 16.0. The first-order chi connectivity index (χ1) is 27.3. The van der Waals surface area contributed by atoms with Gasteiger partial charge in [-0.05, 0) is 126 Å². The Balaban J connectivity index is 1.32. The minimum atomic E-state index is -0.261. The van der Waals surface area contributed by atoms with E-state index in [0.29, 0.717) is 0 Å². The summed E-state index contributed by atoms with van der Waals surface area (Å²) >= 11 is 0. The van der Waals surface area contributed by atoms with Gasteiger partial charge in [-0.3, -0.25) is 0 Å². The van der Waals surface area contributed by atoms with Crippen LogP contribution >= 0.6 is 0 Å². The molecule has 0 unspecified atom stereocenters. The lowest BCUT2D eigenvalue weighted by atomic mass is 9.35. The summed E-state index contributed by atoms with van der Waals surface area (Å²) < 4.78 is 24.2. The number of fused-ring (bicyclic) bond motifs is 10. The fourth-order valence-corrected chi connectivity index (χ4v) is 9.28. The maximum Gasteiger partial charge on any atom is 0.297 e. The SMILES string of the molecule is CCC(C)(C)c1ccc2c3c4c(ccc3n(-c3ccccc3)c2c1)N(c1ccc(F)cc1)c1cccc2c1B4c1oc3ccccc3c1N2c1ccc(C)cc1. The molecule has 0 saturated carbocycles. The summed E-state index contributed by atoms with van der Waals surface area (Å²) in [6.45, 7) is 8.81.